The van der Waals surface area contributed by atoms with Crippen molar-refractivity contribution in [2.45, 2.75) is 25.2 Å². The average Bonchev–Trinajstić information content (AvgIpc) is 2.46. The molecule has 3 nitrogen and oxygen atoms in total. The molecule has 2 aromatic carbocycles. The Labute approximate surface area is 129 Å². The number of aryl methyl sites for hydroxylation is 1. The number of benzene rings is 2. The van der Waals surface area contributed by atoms with Crippen LogP contribution in [0.1, 0.15) is 17.5 Å². The molecular weight excluding hydrogens is 280 g/mol. The van der Waals surface area contributed by atoms with Gasteiger partial charge in [-0.2, -0.15) is 0 Å². The number of thioether (sulfide) groups is 1. The number of nitrogen functional groups attached to an aromatic ring is 1. The minimum absolute atomic E-state index is 0.0478. The third-order valence-corrected chi connectivity index (χ3v) is 4.37. The lowest BCUT2D eigenvalue weighted by atomic mass is 10.1. The minimum atomic E-state index is 0.0478. The van der Waals surface area contributed by atoms with Gasteiger partial charge in [-0.1, -0.05) is 12.1 Å². The van der Waals surface area contributed by atoms with E-state index in [0.717, 1.165) is 27.6 Å². The molecule has 0 aliphatic carbocycles. The lowest BCUT2D eigenvalue weighted by molar-refractivity contribution is -0.115. The van der Waals surface area contributed by atoms with Crippen molar-refractivity contribution < 1.29 is 4.79 Å². The van der Waals surface area contributed by atoms with E-state index in [9.17, 15) is 4.79 Å². The second-order valence-electron chi connectivity index (χ2n) is 4.96. The van der Waals surface area contributed by atoms with Crippen LogP contribution >= 0.6 is 11.8 Å². The lowest BCUT2D eigenvalue weighted by Crippen LogP contribution is -2.13. The van der Waals surface area contributed by atoms with Crippen LogP contribution in [0.5, 0.6) is 0 Å². The summed E-state index contributed by atoms with van der Waals surface area (Å²) in [4.78, 5) is 13.1. The first-order valence-electron chi connectivity index (χ1n) is 6.90. The molecule has 21 heavy (non-hydrogen) atoms. The molecule has 2 rings (SSSR count). The molecule has 4 heteroatoms. The van der Waals surface area contributed by atoms with Crippen molar-refractivity contribution in [2.75, 3.05) is 16.8 Å². The summed E-state index contributed by atoms with van der Waals surface area (Å²) in [5.74, 6) is 0.798. The molecule has 110 valence electrons. The van der Waals surface area contributed by atoms with Gasteiger partial charge in [-0.05, 0) is 55.3 Å². The largest absolute Gasteiger partial charge is 0.399 e. The molecule has 0 aromatic heterocycles. The molecule has 0 fully saturated rings. The second kappa shape index (κ2) is 7.18. The summed E-state index contributed by atoms with van der Waals surface area (Å²) >= 11 is 1.66. The summed E-state index contributed by atoms with van der Waals surface area (Å²) in [5.41, 5.74) is 9.61. The van der Waals surface area contributed by atoms with Crippen molar-refractivity contribution in [3.63, 3.8) is 0 Å². The van der Waals surface area contributed by atoms with Crippen molar-refractivity contribution in [1.82, 2.24) is 0 Å². The molecule has 0 aliphatic rings. The quantitative estimate of drug-likeness (QED) is 0.648. The van der Waals surface area contributed by atoms with Gasteiger partial charge in [-0.15, -0.1) is 11.8 Å². The first-order valence-corrected chi connectivity index (χ1v) is 7.89. The van der Waals surface area contributed by atoms with E-state index in [1.165, 1.54) is 5.56 Å². The van der Waals surface area contributed by atoms with Crippen molar-refractivity contribution >= 4 is 29.0 Å². The minimum Gasteiger partial charge on any atom is -0.399 e. The van der Waals surface area contributed by atoms with E-state index in [0.29, 0.717) is 6.42 Å². The molecule has 3 N–H and O–H groups in total. The summed E-state index contributed by atoms with van der Waals surface area (Å²) in [5, 5.41) is 2.97. The van der Waals surface area contributed by atoms with Gasteiger partial charge in [0.15, 0.2) is 0 Å². The Morgan fingerprint density at radius 1 is 1.14 bits per heavy atom. The molecule has 0 unspecified atom stereocenters. The fourth-order valence-corrected chi connectivity index (χ4v) is 2.78. The van der Waals surface area contributed by atoms with Gasteiger partial charge >= 0.3 is 0 Å². The van der Waals surface area contributed by atoms with Crippen LogP contribution in [0.25, 0.3) is 0 Å². The van der Waals surface area contributed by atoms with E-state index >= 15 is 0 Å². The maximum absolute atomic E-state index is 12.0. The predicted octanol–water partition coefficient (Wildman–Crippen LogP) is 4.01. The predicted molar refractivity (Wildman–Crippen MR) is 90.7 cm³/mol. The number of amides is 1. The van der Waals surface area contributed by atoms with Crippen molar-refractivity contribution in [2.24, 2.45) is 0 Å². The molecule has 0 saturated carbocycles. The normalized spacial score (nSPS) is 10.4. The van der Waals surface area contributed by atoms with Crippen LogP contribution in [0.3, 0.4) is 0 Å². The van der Waals surface area contributed by atoms with E-state index in [4.69, 9.17) is 5.73 Å². The van der Waals surface area contributed by atoms with Gasteiger partial charge in [0.25, 0.3) is 0 Å². The van der Waals surface area contributed by atoms with Gasteiger partial charge in [0, 0.05) is 28.4 Å². The van der Waals surface area contributed by atoms with Gasteiger partial charge < -0.3 is 11.1 Å². The zero-order valence-corrected chi connectivity index (χ0v) is 13.2. The van der Waals surface area contributed by atoms with Crippen molar-refractivity contribution in [3.8, 4) is 0 Å². The number of nitrogens with two attached hydrogens (primary N) is 1. The Kier molecular flexibility index (Phi) is 5.28. The van der Waals surface area contributed by atoms with Crippen LogP contribution in [0.4, 0.5) is 11.4 Å². The Hall–Kier alpha value is -1.94. The van der Waals surface area contributed by atoms with Gasteiger partial charge in [-0.3, -0.25) is 4.79 Å². The molecule has 0 heterocycles. The standard InChI is InChI=1S/C17H20N2OS/c1-12-4-3-5-16(13(12)2)19-17(20)10-11-21-15-8-6-14(18)7-9-15/h3-9H,10-11,18H2,1-2H3,(H,19,20). The van der Waals surface area contributed by atoms with E-state index in [2.05, 4.69) is 5.32 Å². The average molecular weight is 300 g/mol. The number of anilines is 2. The van der Waals surface area contributed by atoms with E-state index in [1.807, 2.05) is 56.3 Å². The van der Waals surface area contributed by atoms with Crippen LogP contribution in [0, 0.1) is 13.8 Å². The van der Waals surface area contributed by atoms with Crippen molar-refractivity contribution in [1.29, 1.82) is 0 Å². The number of hydrogen-bond acceptors (Lipinski definition) is 3. The summed E-state index contributed by atoms with van der Waals surface area (Å²) in [6.07, 6.45) is 0.489. The first-order chi connectivity index (χ1) is 10.1. The maximum Gasteiger partial charge on any atom is 0.225 e. The molecule has 0 atom stereocenters. The fourth-order valence-electron chi connectivity index (χ4n) is 1.92. The topological polar surface area (TPSA) is 55.1 Å². The molecular formula is C17H20N2OS. The van der Waals surface area contributed by atoms with Crippen LogP contribution in [-0.4, -0.2) is 11.7 Å². The molecule has 0 bridgehead atoms. The summed E-state index contributed by atoms with van der Waals surface area (Å²) < 4.78 is 0. The van der Waals surface area contributed by atoms with Crippen LogP contribution in [0.2, 0.25) is 0 Å². The molecule has 1 amide bonds. The highest BCUT2D eigenvalue weighted by molar-refractivity contribution is 7.99. The molecule has 2 aromatic rings. The number of carbonyl (C=O) groups excluding carboxylic acids is 1. The summed E-state index contributed by atoms with van der Waals surface area (Å²) in [6, 6.07) is 13.6. The Morgan fingerprint density at radius 3 is 2.57 bits per heavy atom. The van der Waals surface area contributed by atoms with Gasteiger partial charge in [0.2, 0.25) is 5.91 Å². The third-order valence-electron chi connectivity index (χ3n) is 3.36. The van der Waals surface area contributed by atoms with Gasteiger partial charge in [0.1, 0.15) is 0 Å². The van der Waals surface area contributed by atoms with Gasteiger partial charge in [0.05, 0.1) is 0 Å². The van der Waals surface area contributed by atoms with Crippen LogP contribution in [0.15, 0.2) is 47.4 Å². The molecule has 0 aliphatic heterocycles. The zero-order valence-electron chi connectivity index (χ0n) is 12.3. The first kappa shape index (κ1) is 15.4. The Bertz CT molecular complexity index is 623. The maximum atomic E-state index is 12.0. The number of hydrogen-bond donors (Lipinski definition) is 2. The van der Waals surface area contributed by atoms with Crippen molar-refractivity contribution in [3.05, 3.63) is 53.6 Å². The van der Waals surface area contributed by atoms with Gasteiger partial charge in [-0.25, -0.2) is 0 Å². The number of nitrogens with one attached hydrogen (secondary N) is 1. The van der Waals surface area contributed by atoms with E-state index in [1.54, 1.807) is 11.8 Å². The highest BCUT2D eigenvalue weighted by Gasteiger charge is 2.06. The SMILES string of the molecule is Cc1cccc(NC(=O)CCSc2ccc(N)cc2)c1C. The Morgan fingerprint density at radius 2 is 1.86 bits per heavy atom. The highest BCUT2D eigenvalue weighted by atomic mass is 32.2. The monoisotopic (exact) mass is 300 g/mol. The number of rotatable bonds is 5. The summed E-state index contributed by atoms with van der Waals surface area (Å²) in [7, 11) is 0. The molecule has 0 radical (unpaired) electrons. The highest BCUT2D eigenvalue weighted by Crippen LogP contribution is 2.21. The van der Waals surface area contributed by atoms with E-state index in [-0.39, 0.29) is 5.91 Å². The molecule has 0 saturated heterocycles. The third kappa shape index (κ3) is 4.53. The molecule has 0 spiro atoms. The number of carbonyl (C=O) groups is 1. The zero-order chi connectivity index (χ0) is 15.2. The Balaban J connectivity index is 1.82. The summed E-state index contributed by atoms with van der Waals surface area (Å²) in [6.45, 7) is 4.07. The van der Waals surface area contributed by atoms with Crippen LogP contribution in [-0.2, 0) is 4.79 Å². The van der Waals surface area contributed by atoms with Crippen LogP contribution < -0.4 is 11.1 Å². The smallest absolute Gasteiger partial charge is 0.225 e. The lowest BCUT2D eigenvalue weighted by Gasteiger charge is -2.10. The van der Waals surface area contributed by atoms with E-state index < -0.39 is 0 Å². The fraction of sp³-hybridized carbons (Fsp3) is 0.235. The second-order valence-corrected chi connectivity index (χ2v) is 6.13.